The van der Waals surface area contributed by atoms with Gasteiger partial charge in [-0.3, -0.25) is 4.79 Å². The molecule has 0 aliphatic carbocycles. The van der Waals surface area contributed by atoms with Gasteiger partial charge in [0.2, 0.25) is 0 Å². The van der Waals surface area contributed by atoms with Crippen LogP contribution in [0.1, 0.15) is 30.1 Å². The van der Waals surface area contributed by atoms with Gasteiger partial charge in [-0.05, 0) is 31.5 Å². The highest BCUT2D eigenvalue weighted by molar-refractivity contribution is 6.00. The van der Waals surface area contributed by atoms with Crippen molar-refractivity contribution in [3.63, 3.8) is 0 Å². The molecule has 21 heavy (non-hydrogen) atoms. The van der Waals surface area contributed by atoms with E-state index >= 15 is 0 Å². The molecule has 0 bridgehead atoms. The maximum Gasteiger partial charge on any atom is 0.256 e. The van der Waals surface area contributed by atoms with Crippen molar-refractivity contribution >= 4 is 11.6 Å². The molecular formula is C16H25N3O2. The van der Waals surface area contributed by atoms with E-state index in [2.05, 4.69) is 11.8 Å². The van der Waals surface area contributed by atoms with E-state index in [1.807, 2.05) is 11.9 Å². The quantitative estimate of drug-likeness (QED) is 0.860. The van der Waals surface area contributed by atoms with Gasteiger partial charge in [0, 0.05) is 26.2 Å². The van der Waals surface area contributed by atoms with Crippen LogP contribution in [-0.4, -0.2) is 55.5 Å². The van der Waals surface area contributed by atoms with E-state index in [0.717, 1.165) is 32.5 Å². The Balaban J connectivity index is 2.09. The maximum atomic E-state index is 12.7. The van der Waals surface area contributed by atoms with Crippen LogP contribution in [0.25, 0.3) is 0 Å². The average molecular weight is 291 g/mol. The van der Waals surface area contributed by atoms with Gasteiger partial charge in [0.05, 0.1) is 18.4 Å². The van der Waals surface area contributed by atoms with E-state index in [4.69, 9.17) is 10.5 Å². The molecule has 0 atom stereocenters. The minimum atomic E-state index is -0.0265. The van der Waals surface area contributed by atoms with E-state index in [1.165, 1.54) is 0 Å². The van der Waals surface area contributed by atoms with Gasteiger partial charge in [-0.15, -0.1) is 0 Å². The summed E-state index contributed by atoms with van der Waals surface area (Å²) in [5.41, 5.74) is 6.97. The molecule has 1 aliphatic rings. The number of nitrogens with two attached hydrogens (primary N) is 1. The zero-order chi connectivity index (χ0) is 15.4. The Labute approximate surface area is 126 Å². The van der Waals surface area contributed by atoms with Gasteiger partial charge in [0.1, 0.15) is 5.75 Å². The largest absolute Gasteiger partial charge is 0.495 e. The van der Waals surface area contributed by atoms with Crippen molar-refractivity contribution in [1.29, 1.82) is 0 Å². The van der Waals surface area contributed by atoms with Gasteiger partial charge < -0.3 is 20.3 Å². The zero-order valence-electron chi connectivity index (χ0n) is 13.1. The number of methoxy groups -OCH3 is 1. The molecule has 1 heterocycles. The predicted octanol–water partition coefficient (Wildman–Crippen LogP) is 1.83. The molecule has 1 amide bonds. The van der Waals surface area contributed by atoms with Gasteiger partial charge in [0.15, 0.2) is 0 Å². The molecule has 0 aromatic heterocycles. The number of likely N-dealkylation sites (tertiary alicyclic amines) is 1. The SMILES string of the molecule is CCN1CCC(N(C)C(=O)c2cccc(OC)c2N)CC1. The van der Waals surface area contributed by atoms with Crippen LogP contribution in [0.3, 0.4) is 0 Å². The zero-order valence-corrected chi connectivity index (χ0v) is 13.1. The highest BCUT2D eigenvalue weighted by atomic mass is 16.5. The van der Waals surface area contributed by atoms with Crippen LogP contribution in [0.2, 0.25) is 0 Å². The standard InChI is InChI=1S/C16H25N3O2/c1-4-19-10-8-12(9-11-19)18(2)16(20)13-6-5-7-14(21-3)15(13)17/h5-7,12H,4,8-11,17H2,1-3H3. The Morgan fingerprint density at radius 2 is 2.10 bits per heavy atom. The lowest BCUT2D eigenvalue weighted by molar-refractivity contribution is 0.0647. The summed E-state index contributed by atoms with van der Waals surface area (Å²) in [4.78, 5) is 16.9. The van der Waals surface area contributed by atoms with E-state index in [9.17, 15) is 4.79 Å². The van der Waals surface area contributed by atoms with E-state index in [1.54, 1.807) is 25.3 Å². The normalized spacial score (nSPS) is 16.7. The lowest BCUT2D eigenvalue weighted by Crippen LogP contribution is -2.45. The number of carbonyl (C=O) groups excluding carboxylic acids is 1. The van der Waals surface area contributed by atoms with Crippen LogP contribution in [-0.2, 0) is 0 Å². The Morgan fingerprint density at radius 3 is 2.67 bits per heavy atom. The monoisotopic (exact) mass is 291 g/mol. The van der Waals surface area contributed by atoms with Crippen LogP contribution in [0.15, 0.2) is 18.2 Å². The number of piperidine rings is 1. The van der Waals surface area contributed by atoms with Crippen molar-refractivity contribution in [2.75, 3.05) is 39.5 Å². The fourth-order valence-corrected chi connectivity index (χ4v) is 2.89. The number of rotatable bonds is 4. The Morgan fingerprint density at radius 1 is 1.43 bits per heavy atom. The first-order valence-corrected chi connectivity index (χ1v) is 7.50. The molecule has 0 unspecified atom stereocenters. The van der Waals surface area contributed by atoms with Gasteiger partial charge >= 0.3 is 0 Å². The van der Waals surface area contributed by atoms with Crippen molar-refractivity contribution in [1.82, 2.24) is 9.80 Å². The fraction of sp³-hybridized carbons (Fsp3) is 0.562. The summed E-state index contributed by atoms with van der Waals surface area (Å²) in [7, 11) is 3.43. The van der Waals surface area contributed by atoms with Crippen molar-refractivity contribution in [3.8, 4) is 5.75 Å². The van der Waals surface area contributed by atoms with Crippen LogP contribution >= 0.6 is 0 Å². The predicted molar refractivity (Wildman–Crippen MR) is 84.6 cm³/mol. The van der Waals surface area contributed by atoms with Gasteiger partial charge in [-0.2, -0.15) is 0 Å². The van der Waals surface area contributed by atoms with Crippen LogP contribution in [0.4, 0.5) is 5.69 Å². The number of anilines is 1. The lowest BCUT2D eigenvalue weighted by Gasteiger charge is -2.36. The second-order valence-corrected chi connectivity index (χ2v) is 5.50. The van der Waals surface area contributed by atoms with Crippen LogP contribution in [0.5, 0.6) is 5.75 Å². The number of para-hydroxylation sites is 1. The number of benzene rings is 1. The summed E-state index contributed by atoms with van der Waals surface area (Å²) >= 11 is 0. The molecule has 1 saturated heterocycles. The Hall–Kier alpha value is -1.75. The first kappa shape index (κ1) is 15.6. The summed E-state index contributed by atoms with van der Waals surface area (Å²) in [5, 5.41) is 0. The summed E-state index contributed by atoms with van der Waals surface area (Å²) in [6, 6.07) is 5.62. The number of nitrogen functional groups attached to an aromatic ring is 1. The van der Waals surface area contributed by atoms with Gasteiger partial charge in [0.25, 0.3) is 5.91 Å². The second-order valence-electron chi connectivity index (χ2n) is 5.50. The topological polar surface area (TPSA) is 58.8 Å². The van der Waals surface area contributed by atoms with Crippen molar-refractivity contribution in [2.24, 2.45) is 0 Å². The van der Waals surface area contributed by atoms with Crippen molar-refractivity contribution in [2.45, 2.75) is 25.8 Å². The van der Waals surface area contributed by atoms with Crippen LogP contribution < -0.4 is 10.5 Å². The molecule has 1 aromatic rings. The molecule has 116 valence electrons. The lowest BCUT2D eigenvalue weighted by atomic mass is 10.0. The fourth-order valence-electron chi connectivity index (χ4n) is 2.89. The van der Waals surface area contributed by atoms with Crippen LogP contribution in [0, 0.1) is 0 Å². The maximum absolute atomic E-state index is 12.7. The van der Waals surface area contributed by atoms with Crippen molar-refractivity contribution in [3.05, 3.63) is 23.8 Å². The summed E-state index contributed by atoms with van der Waals surface area (Å²) in [6.07, 6.45) is 2.03. The molecule has 5 nitrogen and oxygen atoms in total. The minimum Gasteiger partial charge on any atom is -0.495 e. The smallest absolute Gasteiger partial charge is 0.256 e. The minimum absolute atomic E-state index is 0.0265. The summed E-state index contributed by atoms with van der Waals surface area (Å²) in [5.74, 6) is 0.524. The number of amides is 1. The number of hydrogen-bond donors (Lipinski definition) is 1. The Kier molecular flexibility index (Phi) is 5.07. The molecule has 1 fully saturated rings. The third kappa shape index (κ3) is 3.29. The molecule has 1 aromatic carbocycles. The van der Waals surface area contributed by atoms with E-state index < -0.39 is 0 Å². The summed E-state index contributed by atoms with van der Waals surface area (Å²) < 4.78 is 5.19. The van der Waals surface area contributed by atoms with E-state index in [-0.39, 0.29) is 11.9 Å². The second kappa shape index (κ2) is 6.80. The average Bonchev–Trinajstić information content (AvgIpc) is 2.54. The van der Waals surface area contributed by atoms with Gasteiger partial charge in [-0.1, -0.05) is 13.0 Å². The highest BCUT2D eigenvalue weighted by Crippen LogP contribution is 2.27. The first-order valence-electron chi connectivity index (χ1n) is 7.50. The number of carbonyl (C=O) groups is 1. The molecule has 0 spiro atoms. The molecule has 2 rings (SSSR count). The highest BCUT2D eigenvalue weighted by Gasteiger charge is 2.26. The summed E-state index contributed by atoms with van der Waals surface area (Å²) in [6.45, 7) is 5.35. The third-order valence-corrected chi connectivity index (χ3v) is 4.39. The molecule has 2 N–H and O–H groups in total. The molecular weight excluding hydrogens is 266 g/mol. The first-order chi connectivity index (χ1) is 10.1. The molecule has 1 aliphatic heterocycles. The van der Waals surface area contributed by atoms with Crippen molar-refractivity contribution < 1.29 is 9.53 Å². The molecule has 0 saturated carbocycles. The third-order valence-electron chi connectivity index (χ3n) is 4.39. The molecule has 0 radical (unpaired) electrons. The Bertz CT molecular complexity index is 496. The van der Waals surface area contributed by atoms with Gasteiger partial charge in [-0.25, -0.2) is 0 Å². The molecule has 5 heteroatoms. The number of nitrogens with zero attached hydrogens (tertiary/aromatic N) is 2. The van der Waals surface area contributed by atoms with E-state index in [0.29, 0.717) is 17.0 Å². The number of ether oxygens (including phenoxy) is 1. The number of hydrogen-bond acceptors (Lipinski definition) is 4.